The Kier molecular flexibility index (Phi) is 7.19. The number of ketones is 1. The Morgan fingerprint density at radius 2 is 1.80 bits per heavy atom. The van der Waals surface area contributed by atoms with Crippen LogP contribution in [0.3, 0.4) is 0 Å². The molecule has 0 amide bonds. The summed E-state index contributed by atoms with van der Waals surface area (Å²) in [5.41, 5.74) is 0.550. The molecule has 0 spiro atoms. The van der Waals surface area contributed by atoms with Crippen LogP contribution in [0.15, 0.2) is 89.2 Å². The Balaban J connectivity index is 1.40. The number of aryl methyl sites for hydroxylation is 1. The maximum atomic E-state index is 15.0. The predicted molar refractivity (Wildman–Crippen MR) is 145 cm³/mol. The van der Waals surface area contributed by atoms with Crippen molar-refractivity contribution >= 4 is 5.78 Å². The van der Waals surface area contributed by atoms with Gasteiger partial charge in [-0.15, -0.1) is 0 Å². The average Bonchev–Trinajstić information content (AvgIpc) is 3.37. The quantitative estimate of drug-likeness (QED) is 0.272. The Hall–Kier alpha value is -5.19. The molecule has 0 saturated heterocycles. The summed E-state index contributed by atoms with van der Waals surface area (Å²) in [6.07, 6.45) is 8.94. The van der Waals surface area contributed by atoms with E-state index >= 15 is 4.39 Å². The molecule has 0 aliphatic heterocycles. The average molecular weight is 541 g/mol. The molecule has 0 aliphatic carbocycles. The lowest BCUT2D eigenvalue weighted by atomic mass is 10.0. The predicted octanol–water partition coefficient (Wildman–Crippen LogP) is 4.13. The van der Waals surface area contributed by atoms with Gasteiger partial charge in [-0.25, -0.2) is 13.8 Å². The molecule has 0 fully saturated rings. The van der Waals surface area contributed by atoms with Crippen molar-refractivity contribution < 1.29 is 13.9 Å². The summed E-state index contributed by atoms with van der Waals surface area (Å²) in [6.45, 7) is 3.54. The number of hydrogen-bond donors (Lipinski definition) is 0. The molecule has 1 aromatic carbocycles. The SMILES string of the molecule is CC(C)n1cc(C(=O)Cc2ccc(Oc3ccnc(-c4cnn(C)c4)c3)c(F)c2)c(=O)n(-c2ccncc2)c1=O. The van der Waals surface area contributed by atoms with E-state index in [1.165, 1.54) is 47.4 Å². The second kappa shape index (κ2) is 10.9. The first-order chi connectivity index (χ1) is 19.2. The van der Waals surface area contributed by atoms with Gasteiger partial charge in [0.1, 0.15) is 11.3 Å². The van der Waals surface area contributed by atoms with Crippen LogP contribution in [0.5, 0.6) is 11.5 Å². The number of Topliss-reactive ketones (excluding diaryl/α,β-unsaturated/α-hetero) is 1. The third kappa shape index (κ3) is 5.35. The number of carbonyl (C=O) groups excluding carboxylic acids is 1. The third-order valence-electron chi connectivity index (χ3n) is 6.21. The fourth-order valence-corrected chi connectivity index (χ4v) is 4.19. The van der Waals surface area contributed by atoms with E-state index in [2.05, 4.69) is 15.1 Å². The summed E-state index contributed by atoms with van der Waals surface area (Å²) in [6, 6.07) is 10.2. The second-order valence-electron chi connectivity index (χ2n) is 9.42. The molecule has 4 aromatic heterocycles. The standard InChI is InChI=1S/C29H25FN6O4/c1-18(2)35-17-23(28(38)36(29(35)39)21-6-9-31-10-7-21)26(37)13-19-4-5-27(24(30)12-19)40-22-8-11-32-25(14-22)20-15-33-34(3)16-20/h4-12,14-18H,13H2,1-3H3. The zero-order valence-electron chi connectivity index (χ0n) is 22.0. The fraction of sp³-hybridized carbons (Fsp3) is 0.172. The van der Waals surface area contributed by atoms with Gasteiger partial charge in [-0.05, 0) is 49.7 Å². The summed E-state index contributed by atoms with van der Waals surface area (Å²) < 4.78 is 24.7. The van der Waals surface area contributed by atoms with Crippen molar-refractivity contribution in [3.05, 3.63) is 117 Å². The van der Waals surface area contributed by atoms with Crippen LogP contribution in [-0.2, 0) is 13.5 Å². The van der Waals surface area contributed by atoms with Gasteiger partial charge in [0.05, 0.1) is 17.6 Å². The number of hydrogen-bond acceptors (Lipinski definition) is 7. The van der Waals surface area contributed by atoms with Crippen LogP contribution in [0, 0.1) is 5.82 Å². The molecular weight excluding hydrogens is 515 g/mol. The van der Waals surface area contributed by atoms with Crippen molar-refractivity contribution in [3.8, 4) is 28.4 Å². The molecular formula is C29H25FN6O4. The molecule has 0 aliphatic rings. The molecule has 0 N–H and O–H groups in total. The van der Waals surface area contributed by atoms with E-state index in [9.17, 15) is 14.4 Å². The number of ether oxygens (including phenoxy) is 1. The molecule has 0 unspecified atom stereocenters. The summed E-state index contributed by atoms with van der Waals surface area (Å²) in [5.74, 6) is -0.881. The number of carbonyl (C=O) groups is 1. The number of halogens is 1. The van der Waals surface area contributed by atoms with E-state index in [1.54, 1.807) is 62.4 Å². The van der Waals surface area contributed by atoms with E-state index < -0.39 is 22.8 Å². The first kappa shape index (κ1) is 26.4. The van der Waals surface area contributed by atoms with Crippen molar-refractivity contribution in [2.24, 2.45) is 7.05 Å². The first-order valence-electron chi connectivity index (χ1n) is 12.4. The molecule has 4 heterocycles. The van der Waals surface area contributed by atoms with Gasteiger partial charge in [0, 0.05) is 62.1 Å². The lowest BCUT2D eigenvalue weighted by Crippen LogP contribution is -2.42. The zero-order valence-corrected chi connectivity index (χ0v) is 22.0. The minimum atomic E-state index is -0.749. The lowest BCUT2D eigenvalue weighted by Gasteiger charge is -2.15. The maximum Gasteiger partial charge on any atom is 0.335 e. The molecule has 40 heavy (non-hydrogen) atoms. The highest BCUT2D eigenvalue weighted by Crippen LogP contribution is 2.28. The molecule has 5 rings (SSSR count). The highest BCUT2D eigenvalue weighted by Gasteiger charge is 2.20. The Bertz CT molecular complexity index is 1820. The molecule has 0 radical (unpaired) electrons. The molecule has 11 heteroatoms. The van der Waals surface area contributed by atoms with E-state index in [-0.39, 0.29) is 23.8 Å². The van der Waals surface area contributed by atoms with Crippen LogP contribution in [0.4, 0.5) is 4.39 Å². The van der Waals surface area contributed by atoms with Crippen LogP contribution in [0.25, 0.3) is 16.9 Å². The molecule has 0 bridgehead atoms. The molecule has 0 atom stereocenters. The summed E-state index contributed by atoms with van der Waals surface area (Å²) in [4.78, 5) is 47.8. The zero-order chi connectivity index (χ0) is 28.4. The van der Waals surface area contributed by atoms with Gasteiger partial charge in [-0.3, -0.25) is 28.8 Å². The summed E-state index contributed by atoms with van der Waals surface area (Å²) >= 11 is 0. The number of aromatic nitrogens is 6. The summed E-state index contributed by atoms with van der Waals surface area (Å²) in [5, 5.41) is 4.13. The number of rotatable bonds is 8. The second-order valence-corrected chi connectivity index (χ2v) is 9.42. The Morgan fingerprint density at radius 1 is 1.02 bits per heavy atom. The third-order valence-corrected chi connectivity index (χ3v) is 6.21. The van der Waals surface area contributed by atoms with Crippen LogP contribution in [-0.4, -0.2) is 34.7 Å². The van der Waals surface area contributed by atoms with E-state index in [0.717, 1.165) is 10.1 Å². The van der Waals surface area contributed by atoms with Crippen LogP contribution >= 0.6 is 0 Å². The van der Waals surface area contributed by atoms with Crippen molar-refractivity contribution in [2.45, 2.75) is 26.3 Å². The van der Waals surface area contributed by atoms with Gasteiger partial charge >= 0.3 is 5.69 Å². The minimum absolute atomic E-state index is 0.0343. The van der Waals surface area contributed by atoms with Gasteiger partial charge in [0.15, 0.2) is 17.3 Å². The van der Waals surface area contributed by atoms with Gasteiger partial charge in [0.25, 0.3) is 5.56 Å². The number of benzene rings is 1. The molecule has 5 aromatic rings. The van der Waals surface area contributed by atoms with Gasteiger partial charge in [-0.1, -0.05) is 6.07 Å². The van der Waals surface area contributed by atoms with Gasteiger partial charge < -0.3 is 4.74 Å². The highest BCUT2D eigenvalue weighted by atomic mass is 19.1. The highest BCUT2D eigenvalue weighted by molar-refractivity contribution is 5.97. The van der Waals surface area contributed by atoms with Crippen LogP contribution in [0.2, 0.25) is 0 Å². The maximum absolute atomic E-state index is 15.0. The normalized spacial score (nSPS) is 11.1. The Morgan fingerprint density at radius 3 is 2.48 bits per heavy atom. The van der Waals surface area contributed by atoms with Crippen molar-refractivity contribution in [1.29, 1.82) is 0 Å². The Labute approximate surface area is 228 Å². The van der Waals surface area contributed by atoms with E-state index in [0.29, 0.717) is 22.7 Å². The topological polar surface area (TPSA) is 114 Å². The monoisotopic (exact) mass is 540 g/mol. The largest absolute Gasteiger partial charge is 0.454 e. The number of nitrogens with zero attached hydrogens (tertiary/aromatic N) is 6. The van der Waals surface area contributed by atoms with Gasteiger partial charge in [-0.2, -0.15) is 5.10 Å². The van der Waals surface area contributed by atoms with Crippen LogP contribution in [0.1, 0.15) is 35.8 Å². The fourth-order valence-electron chi connectivity index (χ4n) is 4.19. The van der Waals surface area contributed by atoms with Crippen LogP contribution < -0.4 is 16.0 Å². The lowest BCUT2D eigenvalue weighted by molar-refractivity contribution is 0.0990. The van der Waals surface area contributed by atoms with E-state index in [1.807, 2.05) is 0 Å². The van der Waals surface area contributed by atoms with Crippen molar-refractivity contribution in [3.63, 3.8) is 0 Å². The molecule has 202 valence electrons. The van der Waals surface area contributed by atoms with E-state index in [4.69, 9.17) is 4.74 Å². The first-order valence-corrected chi connectivity index (χ1v) is 12.4. The van der Waals surface area contributed by atoms with Gasteiger partial charge in [0.2, 0.25) is 0 Å². The number of pyridine rings is 2. The minimum Gasteiger partial charge on any atom is -0.454 e. The smallest absolute Gasteiger partial charge is 0.335 e. The molecule has 10 nitrogen and oxygen atoms in total. The van der Waals surface area contributed by atoms with Crippen molar-refractivity contribution in [1.82, 2.24) is 28.9 Å². The summed E-state index contributed by atoms with van der Waals surface area (Å²) in [7, 11) is 1.79. The molecule has 0 saturated carbocycles. The van der Waals surface area contributed by atoms with Crippen molar-refractivity contribution in [2.75, 3.05) is 0 Å².